The number of aliphatic hydroxyl groups is 1. The van der Waals surface area contributed by atoms with Gasteiger partial charge in [0.1, 0.15) is 0 Å². The summed E-state index contributed by atoms with van der Waals surface area (Å²) < 4.78 is 24.9. The smallest absolute Gasteiger partial charge is 0.242 e. The Morgan fingerprint density at radius 3 is 2.11 bits per heavy atom. The molecular weight excluding hydrogens is 250 g/mol. The van der Waals surface area contributed by atoms with Crippen molar-refractivity contribution >= 4 is 10.0 Å². The fraction of sp³-hybridized carbons (Fsp3) is 0.538. The van der Waals surface area contributed by atoms with Crippen LogP contribution in [-0.2, 0) is 10.0 Å². The van der Waals surface area contributed by atoms with Gasteiger partial charge in [-0.05, 0) is 24.1 Å². The molecule has 0 heterocycles. The summed E-state index contributed by atoms with van der Waals surface area (Å²) >= 11 is 0. The largest absolute Gasteiger partial charge is 0.393 e. The van der Waals surface area contributed by atoms with E-state index in [1.54, 1.807) is 24.3 Å². The van der Waals surface area contributed by atoms with E-state index in [2.05, 4.69) is 0 Å². The Bertz CT molecular complexity index is 479. The Morgan fingerprint density at radius 1 is 1.22 bits per heavy atom. The summed E-state index contributed by atoms with van der Waals surface area (Å²) in [6.45, 7) is 3.86. The molecule has 5 heteroatoms. The molecule has 0 amide bonds. The van der Waals surface area contributed by atoms with Gasteiger partial charge in [0, 0.05) is 20.0 Å². The van der Waals surface area contributed by atoms with Gasteiger partial charge in [-0.2, -0.15) is 0 Å². The third kappa shape index (κ3) is 3.10. The summed E-state index contributed by atoms with van der Waals surface area (Å²) in [5.41, 5.74) is 0.946. The lowest BCUT2D eigenvalue weighted by Crippen LogP contribution is -2.22. The second-order valence-electron chi connectivity index (χ2n) is 4.62. The Balaban J connectivity index is 3.01. The zero-order valence-electron chi connectivity index (χ0n) is 11.3. The van der Waals surface area contributed by atoms with Gasteiger partial charge in [0.25, 0.3) is 0 Å². The quantitative estimate of drug-likeness (QED) is 0.888. The molecule has 18 heavy (non-hydrogen) atoms. The van der Waals surface area contributed by atoms with Crippen LogP contribution in [0, 0.1) is 0 Å². The van der Waals surface area contributed by atoms with Gasteiger partial charge in [-0.3, -0.25) is 0 Å². The van der Waals surface area contributed by atoms with Crippen molar-refractivity contribution in [1.82, 2.24) is 4.31 Å². The molecular formula is C13H21NO3S. The Kier molecular flexibility index (Phi) is 4.90. The summed E-state index contributed by atoms with van der Waals surface area (Å²) in [5.74, 6) is 0.00566. The number of aliphatic hydroxyl groups excluding tert-OH is 1. The van der Waals surface area contributed by atoms with Crippen molar-refractivity contribution in [3.8, 4) is 0 Å². The zero-order valence-corrected chi connectivity index (χ0v) is 12.1. The van der Waals surface area contributed by atoms with Gasteiger partial charge in [-0.15, -0.1) is 0 Å². The molecule has 1 aromatic rings. The van der Waals surface area contributed by atoms with Crippen LogP contribution >= 0.6 is 0 Å². The first kappa shape index (κ1) is 15.1. The molecule has 0 fully saturated rings. The standard InChI is InChI=1S/C13H21NO3S/c1-5-13(15)10(2)11-6-8-12(9-7-11)18(16,17)14(3)4/h6-10,13,15H,5H2,1-4H3. The number of sulfonamides is 1. The molecule has 0 saturated carbocycles. The lowest BCUT2D eigenvalue weighted by molar-refractivity contribution is 0.145. The van der Waals surface area contributed by atoms with Crippen LogP contribution in [0.3, 0.4) is 0 Å². The first-order valence-electron chi connectivity index (χ1n) is 6.01. The molecule has 0 aliphatic carbocycles. The van der Waals surface area contributed by atoms with Crippen LogP contribution < -0.4 is 0 Å². The van der Waals surface area contributed by atoms with E-state index in [0.717, 1.165) is 5.56 Å². The number of hydrogen-bond acceptors (Lipinski definition) is 3. The summed E-state index contributed by atoms with van der Waals surface area (Å²) in [7, 11) is -0.361. The maximum Gasteiger partial charge on any atom is 0.242 e. The highest BCUT2D eigenvalue weighted by Crippen LogP contribution is 2.23. The Morgan fingerprint density at radius 2 is 1.72 bits per heavy atom. The summed E-state index contributed by atoms with van der Waals surface area (Å²) in [4.78, 5) is 0.273. The van der Waals surface area contributed by atoms with E-state index in [1.807, 2.05) is 13.8 Å². The van der Waals surface area contributed by atoms with Crippen LogP contribution in [0.1, 0.15) is 31.7 Å². The minimum atomic E-state index is -3.37. The zero-order chi connectivity index (χ0) is 13.9. The van der Waals surface area contributed by atoms with E-state index in [4.69, 9.17) is 0 Å². The molecule has 1 rings (SSSR count). The van der Waals surface area contributed by atoms with E-state index in [9.17, 15) is 13.5 Å². The van der Waals surface area contributed by atoms with Crippen molar-refractivity contribution in [1.29, 1.82) is 0 Å². The summed E-state index contributed by atoms with van der Waals surface area (Å²) in [6, 6.07) is 6.70. The minimum absolute atomic E-state index is 0.00566. The van der Waals surface area contributed by atoms with Crippen LogP contribution in [0.25, 0.3) is 0 Å². The molecule has 2 unspecified atom stereocenters. The van der Waals surface area contributed by atoms with Crippen LogP contribution in [0.15, 0.2) is 29.2 Å². The monoisotopic (exact) mass is 271 g/mol. The Hall–Kier alpha value is -0.910. The predicted molar refractivity (Wildman–Crippen MR) is 72.0 cm³/mol. The SMILES string of the molecule is CCC(O)C(C)c1ccc(S(=O)(=O)N(C)C)cc1. The number of hydrogen-bond donors (Lipinski definition) is 1. The maximum atomic E-state index is 11.9. The van der Waals surface area contributed by atoms with Crippen molar-refractivity contribution in [3.05, 3.63) is 29.8 Å². The van der Waals surface area contributed by atoms with E-state index >= 15 is 0 Å². The number of benzene rings is 1. The molecule has 0 spiro atoms. The third-order valence-electron chi connectivity index (χ3n) is 3.18. The van der Waals surface area contributed by atoms with Crippen LogP contribution in [0.2, 0.25) is 0 Å². The molecule has 0 aliphatic rings. The highest BCUT2D eigenvalue weighted by atomic mass is 32.2. The van der Waals surface area contributed by atoms with Gasteiger partial charge >= 0.3 is 0 Å². The predicted octanol–water partition coefficient (Wildman–Crippen LogP) is 1.81. The van der Waals surface area contributed by atoms with Crippen molar-refractivity contribution in [2.45, 2.75) is 37.2 Å². The van der Waals surface area contributed by atoms with E-state index in [-0.39, 0.29) is 10.8 Å². The van der Waals surface area contributed by atoms with Gasteiger partial charge in [0.2, 0.25) is 10.0 Å². The van der Waals surface area contributed by atoms with Crippen molar-refractivity contribution < 1.29 is 13.5 Å². The number of nitrogens with zero attached hydrogens (tertiary/aromatic N) is 1. The second-order valence-corrected chi connectivity index (χ2v) is 6.77. The average Bonchev–Trinajstić information content (AvgIpc) is 2.36. The molecule has 102 valence electrons. The highest BCUT2D eigenvalue weighted by molar-refractivity contribution is 7.89. The third-order valence-corrected chi connectivity index (χ3v) is 5.01. The first-order chi connectivity index (χ1) is 8.30. The molecule has 1 N–H and O–H groups in total. The first-order valence-corrected chi connectivity index (χ1v) is 7.45. The van der Waals surface area contributed by atoms with E-state index in [1.165, 1.54) is 18.4 Å². The summed E-state index contributed by atoms with van der Waals surface area (Å²) in [6.07, 6.45) is 0.278. The lowest BCUT2D eigenvalue weighted by atomic mass is 9.94. The maximum absolute atomic E-state index is 11.9. The van der Waals surface area contributed by atoms with E-state index in [0.29, 0.717) is 6.42 Å². The fourth-order valence-electron chi connectivity index (χ4n) is 1.73. The highest BCUT2D eigenvalue weighted by Gasteiger charge is 2.19. The molecule has 0 aliphatic heterocycles. The van der Waals surface area contributed by atoms with Crippen LogP contribution in [0.4, 0.5) is 0 Å². The van der Waals surface area contributed by atoms with Gasteiger partial charge in [0.05, 0.1) is 11.0 Å². The van der Waals surface area contributed by atoms with Gasteiger partial charge in [-0.25, -0.2) is 12.7 Å². The molecule has 0 aromatic heterocycles. The van der Waals surface area contributed by atoms with Crippen LogP contribution in [-0.4, -0.2) is 38.0 Å². The van der Waals surface area contributed by atoms with Crippen LogP contribution in [0.5, 0.6) is 0 Å². The molecule has 4 nitrogen and oxygen atoms in total. The molecule has 0 bridgehead atoms. The van der Waals surface area contributed by atoms with E-state index < -0.39 is 16.1 Å². The molecule has 1 aromatic carbocycles. The van der Waals surface area contributed by atoms with Gasteiger partial charge in [-0.1, -0.05) is 26.0 Å². The van der Waals surface area contributed by atoms with Crippen molar-refractivity contribution in [2.24, 2.45) is 0 Å². The molecule has 0 saturated heterocycles. The second kappa shape index (κ2) is 5.82. The normalized spacial score (nSPS) is 15.7. The van der Waals surface area contributed by atoms with Gasteiger partial charge < -0.3 is 5.11 Å². The summed E-state index contributed by atoms with van der Waals surface area (Å²) in [5, 5.41) is 9.77. The van der Waals surface area contributed by atoms with Crippen molar-refractivity contribution in [3.63, 3.8) is 0 Å². The van der Waals surface area contributed by atoms with Gasteiger partial charge in [0.15, 0.2) is 0 Å². The topological polar surface area (TPSA) is 57.6 Å². The minimum Gasteiger partial charge on any atom is -0.393 e. The molecule has 2 atom stereocenters. The lowest BCUT2D eigenvalue weighted by Gasteiger charge is -2.18. The Labute approximate surface area is 109 Å². The average molecular weight is 271 g/mol. The molecule has 0 radical (unpaired) electrons. The fourth-order valence-corrected chi connectivity index (χ4v) is 2.63. The van der Waals surface area contributed by atoms with Crippen molar-refractivity contribution in [2.75, 3.05) is 14.1 Å². The number of rotatable bonds is 5.